The molecule has 2 aliphatic rings. The largest absolute Gasteiger partial charge is 0.338 e. The number of hydrogen-bond donors (Lipinski definition) is 3. The van der Waals surface area contributed by atoms with E-state index in [1.54, 1.807) is 0 Å². The van der Waals surface area contributed by atoms with Gasteiger partial charge in [-0.2, -0.15) is 0 Å². The van der Waals surface area contributed by atoms with Crippen LogP contribution in [0.2, 0.25) is 0 Å². The van der Waals surface area contributed by atoms with Crippen molar-refractivity contribution in [1.29, 1.82) is 0 Å². The second-order valence-electron chi connectivity index (χ2n) is 9.54. The Kier molecular flexibility index (Phi) is 6.42. The average Bonchev–Trinajstić information content (AvgIpc) is 3.43. The van der Waals surface area contributed by atoms with Crippen LogP contribution in [0, 0.1) is 11.8 Å². The number of amides is 2. The summed E-state index contributed by atoms with van der Waals surface area (Å²) >= 11 is 0. The number of hydrogen-bond acceptors (Lipinski definition) is 3. The molecule has 1 heterocycles. The number of aromatic nitrogens is 2. The van der Waals surface area contributed by atoms with Crippen molar-refractivity contribution in [2.75, 3.05) is 10.6 Å². The highest BCUT2D eigenvalue weighted by atomic mass is 16.2. The monoisotopic (exact) mass is 444 g/mol. The number of H-pyrrole nitrogens is 1. The molecule has 0 saturated heterocycles. The fourth-order valence-corrected chi connectivity index (χ4v) is 5.15. The van der Waals surface area contributed by atoms with Gasteiger partial charge in [0.2, 0.25) is 11.8 Å². The summed E-state index contributed by atoms with van der Waals surface area (Å²) in [6.45, 7) is 0. The van der Waals surface area contributed by atoms with E-state index in [2.05, 4.69) is 15.6 Å². The first-order valence-electron chi connectivity index (χ1n) is 12.4. The lowest BCUT2D eigenvalue weighted by atomic mass is 9.99. The Morgan fingerprint density at radius 3 is 1.91 bits per heavy atom. The topological polar surface area (TPSA) is 86.9 Å². The third kappa shape index (κ3) is 5.10. The van der Waals surface area contributed by atoms with Crippen molar-refractivity contribution >= 4 is 34.2 Å². The maximum atomic E-state index is 12.6. The molecule has 2 aromatic carbocycles. The molecule has 3 aromatic rings. The van der Waals surface area contributed by atoms with Gasteiger partial charge in [0.1, 0.15) is 5.82 Å². The van der Waals surface area contributed by atoms with Crippen molar-refractivity contribution in [2.45, 2.75) is 64.2 Å². The molecule has 33 heavy (non-hydrogen) atoms. The molecule has 0 radical (unpaired) electrons. The molecular weight excluding hydrogens is 412 g/mol. The number of aromatic amines is 1. The molecule has 0 atom stereocenters. The van der Waals surface area contributed by atoms with Gasteiger partial charge in [-0.05, 0) is 68.1 Å². The number of nitrogens with zero attached hydrogens (tertiary/aromatic N) is 1. The Morgan fingerprint density at radius 2 is 1.27 bits per heavy atom. The smallest absolute Gasteiger partial charge is 0.227 e. The van der Waals surface area contributed by atoms with E-state index >= 15 is 0 Å². The molecule has 6 nitrogen and oxygen atoms in total. The van der Waals surface area contributed by atoms with Gasteiger partial charge in [-0.1, -0.05) is 38.5 Å². The quantitative estimate of drug-likeness (QED) is 0.406. The van der Waals surface area contributed by atoms with Gasteiger partial charge in [0.15, 0.2) is 0 Å². The van der Waals surface area contributed by atoms with E-state index in [9.17, 15) is 9.59 Å². The van der Waals surface area contributed by atoms with Gasteiger partial charge in [0, 0.05) is 28.8 Å². The highest BCUT2D eigenvalue weighted by Gasteiger charge is 2.23. The molecule has 1 aromatic heterocycles. The van der Waals surface area contributed by atoms with E-state index in [0.29, 0.717) is 0 Å². The van der Waals surface area contributed by atoms with Gasteiger partial charge in [-0.25, -0.2) is 4.98 Å². The van der Waals surface area contributed by atoms with Crippen LogP contribution in [0.5, 0.6) is 0 Å². The third-order valence-corrected chi connectivity index (χ3v) is 7.13. The summed E-state index contributed by atoms with van der Waals surface area (Å²) in [6.07, 6.45) is 11.0. The van der Waals surface area contributed by atoms with Crippen LogP contribution in [0.15, 0.2) is 42.5 Å². The molecule has 5 rings (SSSR count). The van der Waals surface area contributed by atoms with Crippen LogP contribution in [-0.2, 0) is 9.59 Å². The van der Waals surface area contributed by atoms with Gasteiger partial charge in [0.05, 0.1) is 11.0 Å². The first kappa shape index (κ1) is 21.7. The molecule has 0 unspecified atom stereocenters. The summed E-state index contributed by atoms with van der Waals surface area (Å²) < 4.78 is 0. The van der Waals surface area contributed by atoms with E-state index in [1.165, 1.54) is 12.8 Å². The van der Waals surface area contributed by atoms with Crippen molar-refractivity contribution in [2.24, 2.45) is 11.8 Å². The average molecular weight is 445 g/mol. The van der Waals surface area contributed by atoms with E-state index in [0.717, 1.165) is 85.2 Å². The normalized spacial score (nSPS) is 17.7. The van der Waals surface area contributed by atoms with Crippen LogP contribution in [0.1, 0.15) is 64.2 Å². The molecule has 2 fully saturated rings. The predicted molar refractivity (Wildman–Crippen MR) is 132 cm³/mol. The van der Waals surface area contributed by atoms with Gasteiger partial charge in [-0.3, -0.25) is 9.59 Å². The van der Waals surface area contributed by atoms with E-state index < -0.39 is 0 Å². The van der Waals surface area contributed by atoms with Gasteiger partial charge < -0.3 is 15.6 Å². The number of fused-ring (bicyclic) bond motifs is 1. The Labute approximate surface area is 194 Å². The summed E-state index contributed by atoms with van der Waals surface area (Å²) in [5, 5.41) is 6.14. The van der Waals surface area contributed by atoms with Crippen LogP contribution < -0.4 is 10.6 Å². The molecule has 0 spiro atoms. The van der Waals surface area contributed by atoms with Crippen LogP contribution in [0.25, 0.3) is 22.4 Å². The number of carbonyl (C=O) groups excluding carboxylic acids is 2. The lowest BCUT2D eigenvalue weighted by Gasteiger charge is -2.14. The number of rotatable bonds is 5. The summed E-state index contributed by atoms with van der Waals surface area (Å²) in [5.41, 5.74) is 4.32. The summed E-state index contributed by atoms with van der Waals surface area (Å²) in [5.74, 6) is 1.30. The van der Waals surface area contributed by atoms with Gasteiger partial charge in [-0.15, -0.1) is 0 Å². The zero-order chi connectivity index (χ0) is 22.6. The van der Waals surface area contributed by atoms with Crippen LogP contribution in [0.4, 0.5) is 11.4 Å². The maximum Gasteiger partial charge on any atom is 0.227 e. The molecule has 3 N–H and O–H groups in total. The Bertz CT molecular complexity index is 1120. The number of benzene rings is 2. The van der Waals surface area contributed by atoms with Crippen molar-refractivity contribution in [3.63, 3.8) is 0 Å². The SMILES string of the molecule is O=C(Nc1ccc(-c2nc3ccc(NC(=O)C4CCCC4)cc3[nH]2)cc1)C1CCCCCC1. The van der Waals surface area contributed by atoms with Crippen molar-refractivity contribution in [3.05, 3.63) is 42.5 Å². The molecule has 2 saturated carbocycles. The van der Waals surface area contributed by atoms with Crippen LogP contribution in [-0.4, -0.2) is 21.8 Å². The Balaban J connectivity index is 1.25. The van der Waals surface area contributed by atoms with Gasteiger partial charge >= 0.3 is 0 Å². The first-order valence-corrected chi connectivity index (χ1v) is 12.4. The van der Waals surface area contributed by atoms with Crippen molar-refractivity contribution < 1.29 is 9.59 Å². The van der Waals surface area contributed by atoms with E-state index in [4.69, 9.17) is 4.98 Å². The molecule has 2 aliphatic carbocycles. The minimum Gasteiger partial charge on any atom is -0.338 e. The minimum atomic E-state index is 0.119. The fourth-order valence-electron chi connectivity index (χ4n) is 5.15. The molecule has 0 bridgehead atoms. The summed E-state index contributed by atoms with van der Waals surface area (Å²) in [4.78, 5) is 33.1. The highest BCUT2D eigenvalue weighted by molar-refractivity contribution is 5.95. The summed E-state index contributed by atoms with van der Waals surface area (Å²) in [6, 6.07) is 13.6. The molecule has 172 valence electrons. The molecule has 0 aliphatic heterocycles. The zero-order valence-corrected chi connectivity index (χ0v) is 19.0. The lowest BCUT2D eigenvalue weighted by Crippen LogP contribution is -2.22. The number of imidazole rings is 1. The molecular formula is C27H32N4O2. The highest BCUT2D eigenvalue weighted by Crippen LogP contribution is 2.28. The number of carbonyl (C=O) groups is 2. The standard InChI is InChI=1S/C27H32N4O2/c32-26(19-7-3-1-2-4-8-19)28-21-13-11-18(12-14-21)25-30-23-16-15-22(17-24(23)31-25)29-27(33)20-9-5-6-10-20/h11-17,19-20H,1-10H2,(H,28,32)(H,29,33)(H,30,31). The lowest BCUT2D eigenvalue weighted by molar-refractivity contribution is -0.120. The van der Waals surface area contributed by atoms with Crippen molar-refractivity contribution in [1.82, 2.24) is 9.97 Å². The Hall–Kier alpha value is -3.15. The fraction of sp³-hybridized carbons (Fsp3) is 0.444. The minimum absolute atomic E-state index is 0.119. The maximum absolute atomic E-state index is 12.6. The summed E-state index contributed by atoms with van der Waals surface area (Å²) in [7, 11) is 0. The van der Waals surface area contributed by atoms with E-state index in [-0.39, 0.29) is 23.7 Å². The second-order valence-corrected chi connectivity index (χ2v) is 9.54. The molecule has 2 amide bonds. The zero-order valence-electron chi connectivity index (χ0n) is 19.0. The number of anilines is 2. The second kappa shape index (κ2) is 9.77. The van der Waals surface area contributed by atoms with E-state index in [1.807, 2.05) is 42.5 Å². The molecule has 6 heteroatoms. The Morgan fingerprint density at radius 1 is 0.727 bits per heavy atom. The number of nitrogens with one attached hydrogen (secondary N) is 3. The van der Waals surface area contributed by atoms with Crippen LogP contribution >= 0.6 is 0 Å². The van der Waals surface area contributed by atoms with Gasteiger partial charge in [0.25, 0.3) is 0 Å². The third-order valence-electron chi connectivity index (χ3n) is 7.13. The van der Waals surface area contributed by atoms with Crippen molar-refractivity contribution in [3.8, 4) is 11.4 Å². The van der Waals surface area contributed by atoms with Crippen LogP contribution in [0.3, 0.4) is 0 Å². The first-order chi connectivity index (χ1) is 16.2. The predicted octanol–water partition coefficient (Wildman–Crippen LogP) is 6.27.